The summed E-state index contributed by atoms with van der Waals surface area (Å²) in [4.78, 5) is 25.6. The molecule has 3 rings (SSSR count). The molecule has 5 heteroatoms. The van der Waals surface area contributed by atoms with Gasteiger partial charge >= 0.3 is 11.8 Å². The van der Waals surface area contributed by atoms with Crippen molar-refractivity contribution in [3.63, 3.8) is 0 Å². The molecule has 0 bridgehead atoms. The van der Waals surface area contributed by atoms with Crippen LogP contribution in [-0.2, 0) is 16.0 Å². The lowest BCUT2D eigenvalue weighted by Crippen LogP contribution is -2.38. The van der Waals surface area contributed by atoms with Crippen LogP contribution in [0.5, 0.6) is 0 Å². The molecule has 1 unspecified atom stereocenters. The Morgan fingerprint density at radius 3 is 2.64 bits per heavy atom. The van der Waals surface area contributed by atoms with E-state index in [9.17, 15) is 14.7 Å². The highest BCUT2D eigenvalue weighted by Crippen LogP contribution is 2.37. The monoisotopic (exact) mass is 338 g/mol. The quantitative estimate of drug-likeness (QED) is 0.718. The van der Waals surface area contributed by atoms with Crippen LogP contribution in [-0.4, -0.2) is 41.5 Å². The lowest BCUT2D eigenvalue weighted by molar-refractivity contribution is -0.142. The minimum Gasteiger partial charge on any atom is -0.393 e. The summed E-state index contributed by atoms with van der Waals surface area (Å²) in [5.41, 5.74) is 5.44. The van der Waals surface area contributed by atoms with Crippen molar-refractivity contribution in [2.75, 3.05) is 18.9 Å². The molecule has 130 valence electrons. The number of fused-ring (bicyclic) bond motifs is 3. The van der Waals surface area contributed by atoms with Crippen LogP contribution in [0.15, 0.2) is 42.5 Å². The molecule has 2 aromatic rings. The average molecular weight is 338 g/mol. The van der Waals surface area contributed by atoms with E-state index >= 15 is 0 Å². The van der Waals surface area contributed by atoms with E-state index < -0.39 is 17.9 Å². The highest BCUT2D eigenvalue weighted by Gasteiger charge is 2.21. The van der Waals surface area contributed by atoms with Crippen molar-refractivity contribution in [2.45, 2.75) is 25.9 Å². The minimum atomic E-state index is -0.663. The molecule has 0 spiro atoms. The fraction of sp³-hybridized carbons (Fsp3) is 0.300. The van der Waals surface area contributed by atoms with Crippen molar-refractivity contribution in [1.29, 1.82) is 0 Å². The van der Waals surface area contributed by atoms with Gasteiger partial charge in [-0.25, -0.2) is 0 Å². The number of hydrogen-bond donors (Lipinski definition) is 2. The number of nitrogens with one attached hydrogen (secondary N) is 1. The van der Waals surface area contributed by atoms with Gasteiger partial charge in [-0.05, 0) is 54.2 Å². The van der Waals surface area contributed by atoms with Crippen LogP contribution in [0.4, 0.5) is 5.69 Å². The van der Waals surface area contributed by atoms with Gasteiger partial charge in [0.05, 0.1) is 6.10 Å². The van der Waals surface area contributed by atoms with Crippen molar-refractivity contribution >= 4 is 17.5 Å². The first-order valence-electron chi connectivity index (χ1n) is 8.41. The van der Waals surface area contributed by atoms with Crippen molar-refractivity contribution in [1.82, 2.24) is 4.90 Å². The smallest absolute Gasteiger partial charge is 0.313 e. The molecule has 0 aromatic heterocycles. The highest BCUT2D eigenvalue weighted by atomic mass is 16.3. The summed E-state index contributed by atoms with van der Waals surface area (Å²) in [5, 5.41) is 12.0. The molecule has 2 N–H and O–H groups in total. The zero-order valence-electron chi connectivity index (χ0n) is 14.5. The number of rotatable bonds is 4. The largest absolute Gasteiger partial charge is 0.393 e. The Balaban J connectivity index is 1.67. The number of amides is 2. The maximum atomic E-state index is 12.2. The fourth-order valence-electron chi connectivity index (χ4n) is 3.06. The molecule has 0 saturated heterocycles. The van der Waals surface area contributed by atoms with Gasteiger partial charge in [-0.2, -0.15) is 0 Å². The molecule has 1 aliphatic rings. The van der Waals surface area contributed by atoms with E-state index in [0.717, 1.165) is 12.0 Å². The van der Waals surface area contributed by atoms with Gasteiger partial charge in [-0.1, -0.05) is 30.3 Å². The Morgan fingerprint density at radius 1 is 1.16 bits per heavy atom. The molecule has 0 saturated carbocycles. The molecule has 25 heavy (non-hydrogen) atoms. The van der Waals surface area contributed by atoms with Crippen molar-refractivity contribution in [3.8, 4) is 11.1 Å². The number of likely N-dealkylation sites (N-methyl/N-ethyl adjacent to an activating group) is 1. The number of nitrogens with zero attached hydrogens (tertiary/aromatic N) is 1. The van der Waals surface area contributed by atoms with E-state index in [1.165, 1.54) is 21.6 Å². The normalized spacial score (nSPS) is 12.9. The molecular weight excluding hydrogens is 316 g/mol. The summed E-state index contributed by atoms with van der Waals surface area (Å²) >= 11 is 0. The predicted molar refractivity (Wildman–Crippen MR) is 97.2 cm³/mol. The van der Waals surface area contributed by atoms with Crippen molar-refractivity contribution in [2.24, 2.45) is 0 Å². The van der Waals surface area contributed by atoms with Gasteiger partial charge < -0.3 is 15.3 Å². The van der Waals surface area contributed by atoms with Gasteiger partial charge in [-0.15, -0.1) is 0 Å². The second-order valence-corrected chi connectivity index (χ2v) is 6.52. The van der Waals surface area contributed by atoms with E-state index in [4.69, 9.17) is 0 Å². The molecule has 0 fully saturated rings. The summed E-state index contributed by atoms with van der Waals surface area (Å²) in [7, 11) is 1.56. The van der Waals surface area contributed by atoms with E-state index in [0.29, 0.717) is 18.7 Å². The van der Waals surface area contributed by atoms with Gasteiger partial charge in [0.25, 0.3) is 0 Å². The SMILES string of the molecule is CC(O)CCN(C)C(=O)C(=O)Nc1ccc2c(c1)Cc1ccccc1-2. The van der Waals surface area contributed by atoms with Crippen LogP contribution in [0.3, 0.4) is 0 Å². The molecule has 1 atom stereocenters. The molecule has 1 aliphatic carbocycles. The van der Waals surface area contributed by atoms with Crippen LogP contribution in [0.1, 0.15) is 24.5 Å². The minimum absolute atomic E-state index is 0.337. The third-order valence-corrected chi connectivity index (χ3v) is 4.47. The third kappa shape index (κ3) is 3.72. The Hall–Kier alpha value is -2.66. The topological polar surface area (TPSA) is 69.6 Å². The zero-order chi connectivity index (χ0) is 18.0. The first-order chi connectivity index (χ1) is 12.0. The molecule has 0 heterocycles. The van der Waals surface area contributed by atoms with Crippen molar-refractivity contribution < 1.29 is 14.7 Å². The molecular formula is C20H22N2O3. The van der Waals surface area contributed by atoms with E-state index in [1.54, 1.807) is 14.0 Å². The summed E-state index contributed by atoms with van der Waals surface area (Å²) in [6.45, 7) is 1.99. The maximum Gasteiger partial charge on any atom is 0.313 e. The van der Waals surface area contributed by atoms with Crippen LogP contribution >= 0.6 is 0 Å². The average Bonchev–Trinajstić information content (AvgIpc) is 2.96. The van der Waals surface area contributed by atoms with Gasteiger partial charge in [0.1, 0.15) is 0 Å². The van der Waals surface area contributed by atoms with E-state index in [2.05, 4.69) is 17.4 Å². The number of benzene rings is 2. The predicted octanol–water partition coefficient (Wildman–Crippen LogP) is 2.43. The number of anilines is 1. The Labute approximate surface area is 147 Å². The van der Waals surface area contributed by atoms with Crippen LogP contribution in [0.2, 0.25) is 0 Å². The summed E-state index contributed by atoms with van der Waals surface area (Å²) in [6.07, 6.45) is 0.765. The van der Waals surface area contributed by atoms with Crippen LogP contribution in [0, 0.1) is 0 Å². The second-order valence-electron chi connectivity index (χ2n) is 6.52. The number of hydrogen-bond acceptors (Lipinski definition) is 3. The standard InChI is InChI=1S/C20H22N2O3/c1-13(23)9-10-22(2)20(25)19(24)21-16-7-8-18-15(12-16)11-14-5-3-4-6-17(14)18/h3-8,12-13,23H,9-11H2,1-2H3,(H,21,24). The second kappa shape index (κ2) is 7.07. The first-order valence-corrected chi connectivity index (χ1v) is 8.41. The molecule has 2 amide bonds. The van der Waals surface area contributed by atoms with E-state index in [1.807, 2.05) is 30.3 Å². The first kappa shape index (κ1) is 17.2. The third-order valence-electron chi connectivity index (χ3n) is 4.47. The van der Waals surface area contributed by atoms with E-state index in [-0.39, 0.29) is 0 Å². The lowest BCUT2D eigenvalue weighted by atomic mass is 10.1. The molecule has 0 aliphatic heterocycles. The number of aliphatic hydroxyl groups is 1. The van der Waals surface area contributed by atoms with Gasteiger partial charge in [-0.3, -0.25) is 9.59 Å². The Kier molecular flexibility index (Phi) is 4.86. The van der Waals surface area contributed by atoms with Gasteiger partial charge in [0.2, 0.25) is 0 Å². The van der Waals surface area contributed by atoms with Gasteiger partial charge in [0, 0.05) is 19.3 Å². The van der Waals surface area contributed by atoms with Crippen LogP contribution in [0.25, 0.3) is 11.1 Å². The number of carbonyl (C=O) groups is 2. The van der Waals surface area contributed by atoms with Gasteiger partial charge in [0.15, 0.2) is 0 Å². The number of carbonyl (C=O) groups excluding carboxylic acids is 2. The maximum absolute atomic E-state index is 12.2. The molecule has 0 radical (unpaired) electrons. The van der Waals surface area contributed by atoms with Crippen LogP contribution < -0.4 is 5.32 Å². The Bertz CT molecular complexity index is 814. The lowest BCUT2D eigenvalue weighted by Gasteiger charge is -2.17. The number of aliphatic hydroxyl groups excluding tert-OH is 1. The fourth-order valence-corrected chi connectivity index (χ4v) is 3.06. The highest BCUT2D eigenvalue weighted by molar-refractivity contribution is 6.39. The summed E-state index contributed by atoms with van der Waals surface area (Å²) < 4.78 is 0. The van der Waals surface area contributed by atoms with Crippen molar-refractivity contribution in [3.05, 3.63) is 53.6 Å². The summed E-state index contributed by atoms with van der Waals surface area (Å²) in [6, 6.07) is 14.0. The zero-order valence-corrected chi connectivity index (χ0v) is 14.5. The molecule has 5 nitrogen and oxygen atoms in total. The summed E-state index contributed by atoms with van der Waals surface area (Å²) in [5.74, 6) is -1.27. The Morgan fingerprint density at radius 2 is 1.88 bits per heavy atom. The molecule has 2 aromatic carbocycles.